The molecule has 1 fully saturated rings. The maximum atomic E-state index is 12.5. The number of benzene rings is 1. The molecule has 2 rings (SSSR count). The summed E-state index contributed by atoms with van der Waals surface area (Å²) in [6, 6.07) is 9.51. The Labute approximate surface area is 133 Å². The molecule has 0 radical (unpaired) electrons. The van der Waals surface area contributed by atoms with Crippen molar-refractivity contribution in [2.75, 3.05) is 46.4 Å². The van der Waals surface area contributed by atoms with E-state index < -0.39 is 6.04 Å². The van der Waals surface area contributed by atoms with Crippen LogP contribution >= 0.6 is 0 Å². The lowest BCUT2D eigenvalue weighted by Gasteiger charge is -2.24. The van der Waals surface area contributed by atoms with Gasteiger partial charge in [-0.05, 0) is 24.9 Å². The lowest BCUT2D eigenvalue weighted by atomic mass is 10.1. The molecular formula is C17H27N3O2. The van der Waals surface area contributed by atoms with Crippen molar-refractivity contribution in [1.29, 1.82) is 0 Å². The lowest BCUT2D eigenvalue weighted by Crippen LogP contribution is -2.46. The molecule has 5 nitrogen and oxygen atoms in total. The highest BCUT2D eigenvalue weighted by atomic mass is 16.5. The van der Waals surface area contributed by atoms with Crippen molar-refractivity contribution in [2.24, 2.45) is 5.73 Å². The van der Waals surface area contributed by atoms with Crippen LogP contribution in [0.15, 0.2) is 30.3 Å². The van der Waals surface area contributed by atoms with E-state index in [0.717, 1.165) is 51.3 Å². The van der Waals surface area contributed by atoms with Gasteiger partial charge >= 0.3 is 0 Å². The molecule has 1 aliphatic heterocycles. The summed E-state index contributed by atoms with van der Waals surface area (Å²) in [7, 11) is 1.72. The van der Waals surface area contributed by atoms with Gasteiger partial charge in [0.15, 0.2) is 0 Å². The second-order valence-corrected chi connectivity index (χ2v) is 5.81. The maximum absolute atomic E-state index is 12.5. The molecular weight excluding hydrogens is 278 g/mol. The zero-order valence-corrected chi connectivity index (χ0v) is 13.4. The van der Waals surface area contributed by atoms with Crippen molar-refractivity contribution < 1.29 is 9.53 Å². The highest BCUT2D eigenvalue weighted by Crippen LogP contribution is 2.08. The van der Waals surface area contributed by atoms with E-state index in [-0.39, 0.29) is 5.91 Å². The second kappa shape index (κ2) is 8.88. The van der Waals surface area contributed by atoms with Gasteiger partial charge in [0.2, 0.25) is 5.91 Å². The molecule has 1 aromatic carbocycles. The predicted molar refractivity (Wildman–Crippen MR) is 87.6 cm³/mol. The molecule has 1 saturated heterocycles. The average Bonchev–Trinajstić information content (AvgIpc) is 2.78. The molecule has 0 aliphatic carbocycles. The highest BCUT2D eigenvalue weighted by Gasteiger charge is 2.23. The minimum atomic E-state index is -0.451. The number of hydrogen-bond acceptors (Lipinski definition) is 4. The van der Waals surface area contributed by atoms with Crippen molar-refractivity contribution in [3.8, 4) is 0 Å². The smallest absolute Gasteiger partial charge is 0.239 e. The Balaban J connectivity index is 1.84. The van der Waals surface area contributed by atoms with Gasteiger partial charge in [0.25, 0.3) is 0 Å². The summed E-state index contributed by atoms with van der Waals surface area (Å²) in [5.74, 6) is 0.0671. The van der Waals surface area contributed by atoms with E-state index in [0.29, 0.717) is 6.42 Å². The van der Waals surface area contributed by atoms with Crippen LogP contribution in [0, 0.1) is 0 Å². The molecule has 0 spiro atoms. The van der Waals surface area contributed by atoms with Crippen molar-refractivity contribution in [2.45, 2.75) is 18.9 Å². The second-order valence-electron chi connectivity index (χ2n) is 5.81. The van der Waals surface area contributed by atoms with Crippen LogP contribution in [0.2, 0.25) is 0 Å². The van der Waals surface area contributed by atoms with Crippen LogP contribution in [0.3, 0.4) is 0 Å². The molecule has 1 unspecified atom stereocenters. The molecule has 0 aromatic heterocycles. The van der Waals surface area contributed by atoms with Crippen LogP contribution in [0.4, 0.5) is 0 Å². The Morgan fingerprint density at radius 3 is 2.73 bits per heavy atom. The molecule has 1 atom stereocenters. The van der Waals surface area contributed by atoms with Crippen LogP contribution in [0.25, 0.3) is 0 Å². The van der Waals surface area contributed by atoms with Gasteiger partial charge in [-0.15, -0.1) is 0 Å². The van der Waals surface area contributed by atoms with Crippen LogP contribution in [-0.2, 0) is 16.0 Å². The van der Waals surface area contributed by atoms with Gasteiger partial charge in [-0.2, -0.15) is 0 Å². The third-order valence-corrected chi connectivity index (χ3v) is 4.13. The molecule has 0 bridgehead atoms. The van der Waals surface area contributed by atoms with Crippen molar-refractivity contribution in [3.05, 3.63) is 35.9 Å². The molecule has 22 heavy (non-hydrogen) atoms. The first-order valence-electron chi connectivity index (χ1n) is 8.00. The largest absolute Gasteiger partial charge is 0.383 e. The van der Waals surface area contributed by atoms with Gasteiger partial charge in [0.05, 0.1) is 12.6 Å². The number of nitrogens with two attached hydrogens (primary N) is 1. The van der Waals surface area contributed by atoms with E-state index >= 15 is 0 Å². The average molecular weight is 305 g/mol. The molecule has 5 heteroatoms. The summed E-state index contributed by atoms with van der Waals surface area (Å²) in [5.41, 5.74) is 7.23. The molecule has 1 aromatic rings. The number of nitrogens with zero attached hydrogens (tertiary/aromatic N) is 2. The fourth-order valence-corrected chi connectivity index (χ4v) is 2.83. The third-order valence-electron chi connectivity index (χ3n) is 4.13. The number of carbonyl (C=O) groups is 1. The monoisotopic (exact) mass is 305 g/mol. The van der Waals surface area contributed by atoms with Gasteiger partial charge in [-0.3, -0.25) is 9.69 Å². The number of methoxy groups -OCH3 is 1. The lowest BCUT2D eigenvalue weighted by molar-refractivity contribution is -0.132. The van der Waals surface area contributed by atoms with Crippen molar-refractivity contribution >= 4 is 5.91 Å². The molecule has 1 amide bonds. The Bertz CT molecular complexity index is 452. The summed E-state index contributed by atoms with van der Waals surface area (Å²) < 4.78 is 5.12. The maximum Gasteiger partial charge on any atom is 0.239 e. The Kier molecular flexibility index (Phi) is 6.83. The topological polar surface area (TPSA) is 58.8 Å². The third kappa shape index (κ3) is 5.09. The van der Waals surface area contributed by atoms with E-state index in [1.807, 2.05) is 35.2 Å². The zero-order chi connectivity index (χ0) is 15.8. The standard InChI is InChI=1S/C17H27N3O2/c1-22-13-12-19-8-5-9-20(11-10-19)17(21)16(18)14-15-6-3-2-4-7-15/h2-4,6-7,16H,5,8-14,18H2,1H3. The number of ether oxygens (including phenoxy) is 1. The van der Waals surface area contributed by atoms with Crippen molar-refractivity contribution in [1.82, 2.24) is 9.80 Å². The number of rotatable bonds is 6. The number of amides is 1. The van der Waals surface area contributed by atoms with Crippen LogP contribution in [0.1, 0.15) is 12.0 Å². The molecule has 1 heterocycles. The normalized spacial score (nSPS) is 18.0. The van der Waals surface area contributed by atoms with E-state index in [1.165, 1.54) is 0 Å². The van der Waals surface area contributed by atoms with Gasteiger partial charge in [-0.1, -0.05) is 30.3 Å². The zero-order valence-electron chi connectivity index (χ0n) is 13.4. The minimum Gasteiger partial charge on any atom is -0.383 e. The first-order valence-corrected chi connectivity index (χ1v) is 8.00. The first kappa shape index (κ1) is 16.9. The van der Waals surface area contributed by atoms with Gasteiger partial charge in [0, 0.05) is 33.3 Å². The SMILES string of the molecule is COCCN1CCCN(C(=O)C(N)Cc2ccccc2)CC1. The summed E-state index contributed by atoms with van der Waals surface area (Å²) >= 11 is 0. The summed E-state index contributed by atoms with van der Waals surface area (Å²) in [6.07, 6.45) is 1.59. The fourth-order valence-electron chi connectivity index (χ4n) is 2.83. The Hall–Kier alpha value is -1.43. The summed E-state index contributed by atoms with van der Waals surface area (Å²) in [4.78, 5) is 16.8. The van der Waals surface area contributed by atoms with E-state index in [9.17, 15) is 4.79 Å². The number of hydrogen-bond donors (Lipinski definition) is 1. The quantitative estimate of drug-likeness (QED) is 0.842. The fraction of sp³-hybridized carbons (Fsp3) is 0.588. The van der Waals surface area contributed by atoms with Gasteiger partial charge < -0.3 is 15.4 Å². The minimum absolute atomic E-state index is 0.0671. The van der Waals surface area contributed by atoms with Crippen molar-refractivity contribution in [3.63, 3.8) is 0 Å². The predicted octanol–water partition coefficient (Wildman–Crippen LogP) is 0.737. The Morgan fingerprint density at radius 2 is 2.00 bits per heavy atom. The highest BCUT2D eigenvalue weighted by molar-refractivity contribution is 5.82. The van der Waals surface area contributed by atoms with Gasteiger partial charge in [0.1, 0.15) is 0 Å². The first-order chi connectivity index (χ1) is 10.7. The molecule has 2 N–H and O–H groups in total. The number of carbonyl (C=O) groups excluding carboxylic acids is 1. The van der Waals surface area contributed by atoms with Crippen LogP contribution in [0.5, 0.6) is 0 Å². The van der Waals surface area contributed by atoms with Crippen LogP contribution < -0.4 is 5.73 Å². The van der Waals surface area contributed by atoms with E-state index in [1.54, 1.807) is 7.11 Å². The van der Waals surface area contributed by atoms with Gasteiger partial charge in [-0.25, -0.2) is 0 Å². The van der Waals surface area contributed by atoms with E-state index in [2.05, 4.69) is 4.90 Å². The molecule has 0 saturated carbocycles. The van der Waals surface area contributed by atoms with Crippen LogP contribution in [-0.4, -0.2) is 68.2 Å². The Morgan fingerprint density at radius 1 is 1.23 bits per heavy atom. The summed E-state index contributed by atoms with van der Waals surface area (Å²) in [6.45, 7) is 5.13. The summed E-state index contributed by atoms with van der Waals surface area (Å²) in [5, 5.41) is 0. The van der Waals surface area contributed by atoms with E-state index in [4.69, 9.17) is 10.5 Å². The molecule has 122 valence electrons. The molecule has 1 aliphatic rings.